The summed E-state index contributed by atoms with van der Waals surface area (Å²) in [5.74, 6) is -1.80. The molecule has 0 aliphatic carbocycles. The molecule has 3 amide bonds. The van der Waals surface area contributed by atoms with Crippen LogP contribution in [-0.4, -0.2) is 23.8 Å². The first-order valence-corrected chi connectivity index (χ1v) is 10.5. The summed E-state index contributed by atoms with van der Waals surface area (Å²) in [6.07, 6.45) is 0. The van der Waals surface area contributed by atoms with Gasteiger partial charge in [-0.25, -0.2) is 4.90 Å². The van der Waals surface area contributed by atoms with Crippen molar-refractivity contribution in [2.24, 2.45) is 17.8 Å². The van der Waals surface area contributed by atoms with E-state index in [1.807, 2.05) is 75.5 Å². The standard InChI is InChI=1S/C24H25N3O3/c1-12(2)20-18-19(24(26-20)16-7-5-6-8-17(16)25-23(24)30)22(29)27(21(18)28)15-10-9-13(3)14(4)11-15/h5-12,18-20,26H,1-4H3,(H,25,30)/p+1/t18-,19-,20-,24-/m0/s1. The molecule has 0 unspecified atom stereocenters. The van der Waals surface area contributed by atoms with Crippen LogP contribution in [0.15, 0.2) is 42.5 Å². The summed E-state index contributed by atoms with van der Waals surface area (Å²) in [7, 11) is 0. The molecule has 6 heteroatoms. The lowest BCUT2D eigenvalue weighted by Crippen LogP contribution is -2.99. The highest BCUT2D eigenvalue weighted by Crippen LogP contribution is 2.50. The second-order valence-corrected chi connectivity index (χ2v) is 9.14. The van der Waals surface area contributed by atoms with Crippen LogP contribution in [0.1, 0.15) is 30.5 Å². The van der Waals surface area contributed by atoms with Crippen molar-refractivity contribution in [3.63, 3.8) is 0 Å². The third-order valence-electron chi connectivity index (χ3n) is 7.23. The van der Waals surface area contributed by atoms with Gasteiger partial charge in [0.15, 0.2) is 0 Å². The minimum atomic E-state index is -1.10. The Morgan fingerprint density at radius 3 is 2.43 bits per heavy atom. The number of imide groups is 1. The van der Waals surface area contributed by atoms with Gasteiger partial charge in [0.2, 0.25) is 17.4 Å². The fourth-order valence-corrected chi connectivity index (χ4v) is 5.57. The SMILES string of the molecule is Cc1ccc(N2C(=O)[C@H]3[C@@H](C2=O)[C@]2([NH2+][C@H]3C(C)C)C(=O)Nc3ccccc32)cc1C. The highest BCUT2D eigenvalue weighted by atomic mass is 16.2. The number of nitrogens with zero attached hydrogens (tertiary/aromatic N) is 1. The van der Waals surface area contributed by atoms with Crippen LogP contribution < -0.4 is 15.5 Å². The van der Waals surface area contributed by atoms with Crippen molar-refractivity contribution < 1.29 is 19.7 Å². The first-order chi connectivity index (χ1) is 14.3. The van der Waals surface area contributed by atoms with Crippen molar-refractivity contribution in [3.8, 4) is 0 Å². The van der Waals surface area contributed by atoms with Gasteiger partial charge in [-0.15, -0.1) is 0 Å². The quantitative estimate of drug-likeness (QED) is 0.750. The van der Waals surface area contributed by atoms with Gasteiger partial charge in [0.25, 0.3) is 5.91 Å². The number of rotatable bonds is 2. The molecule has 2 fully saturated rings. The molecule has 4 atom stereocenters. The number of nitrogens with one attached hydrogen (secondary N) is 1. The van der Waals surface area contributed by atoms with Crippen LogP contribution in [0, 0.1) is 31.6 Å². The van der Waals surface area contributed by atoms with E-state index >= 15 is 0 Å². The van der Waals surface area contributed by atoms with Crippen LogP contribution in [-0.2, 0) is 19.9 Å². The molecule has 2 saturated heterocycles. The Morgan fingerprint density at radius 2 is 1.73 bits per heavy atom. The highest BCUT2D eigenvalue weighted by molar-refractivity contribution is 6.25. The summed E-state index contributed by atoms with van der Waals surface area (Å²) >= 11 is 0. The summed E-state index contributed by atoms with van der Waals surface area (Å²) in [4.78, 5) is 42.1. The Labute approximate surface area is 175 Å². The molecular formula is C24H26N3O3+. The largest absolute Gasteiger partial charge is 0.326 e. The first kappa shape index (κ1) is 19.0. The van der Waals surface area contributed by atoms with Gasteiger partial charge in [-0.05, 0) is 43.2 Å². The first-order valence-electron chi connectivity index (χ1n) is 10.5. The molecule has 2 aromatic carbocycles. The molecular weight excluding hydrogens is 378 g/mol. The number of para-hydroxylation sites is 1. The van der Waals surface area contributed by atoms with E-state index in [1.54, 1.807) is 0 Å². The van der Waals surface area contributed by atoms with Crippen LogP contribution in [0.25, 0.3) is 0 Å². The molecule has 2 aromatic rings. The van der Waals surface area contributed by atoms with Crippen LogP contribution >= 0.6 is 0 Å². The Hall–Kier alpha value is -2.99. The van der Waals surface area contributed by atoms with Crippen LogP contribution in [0.2, 0.25) is 0 Å². The number of aryl methyl sites for hydroxylation is 2. The number of nitrogens with two attached hydrogens (primary N) is 1. The number of carbonyl (C=O) groups is 3. The summed E-state index contributed by atoms with van der Waals surface area (Å²) in [5, 5.41) is 4.94. The number of anilines is 2. The maximum Gasteiger partial charge on any atom is 0.291 e. The second-order valence-electron chi connectivity index (χ2n) is 9.14. The Balaban J connectivity index is 1.68. The van der Waals surface area contributed by atoms with E-state index in [2.05, 4.69) is 5.32 Å². The Kier molecular flexibility index (Phi) is 3.96. The molecule has 6 nitrogen and oxygen atoms in total. The fourth-order valence-electron chi connectivity index (χ4n) is 5.57. The van der Waals surface area contributed by atoms with Gasteiger partial charge in [0, 0.05) is 11.5 Å². The molecule has 1 spiro atoms. The molecule has 154 valence electrons. The van der Waals surface area contributed by atoms with E-state index in [4.69, 9.17) is 0 Å². The zero-order valence-corrected chi connectivity index (χ0v) is 17.6. The van der Waals surface area contributed by atoms with Gasteiger partial charge >= 0.3 is 0 Å². The predicted molar refractivity (Wildman–Crippen MR) is 113 cm³/mol. The third-order valence-corrected chi connectivity index (χ3v) is 7.23. The summed E-state index contributed by atoms with van der Waals surface area (Å²) in [6.45, 7) is 8.07. The highest BCUT2D eigenvalue weighted by Gasteiger charge is 2.74. The summed E-state index contributed by atoms with van der Waals surface area (Å²) in [6, 6.07) is 13.0. The Bertz CT molecular complexity index is 1110. The van der Waals surface area contributed by atoms with E-state index in [0.29, 0.717) is 5.69 Å². The van der Waals surface area contributed by atoms with E-state index in [9.17, 15) is 14.4 Å². The molecule has 30 heavy (non-hydrogen) atoms. The minimum Gasteiger partial charge on any atom is -0.326 e. The number of hydrogen-bond acceptors (Lipinski definition) is 3. The van der Waals surface area contributed by atoms with Crippen LogP contribution in [0.4, 0.5) is 11.4 Å². The molecule has 0 radical (unpaired) electrons. The predicted octanol–water partition coefficient (Wildman–Crippen LogP) is 1.86. The van der Waals surface area contributed by atoms with Crippen molar-refractivity contribution >= 4 is 29.1 Å². The average Bonchev–Trinajstić information content (AvgIpc) is 3.30. The van der Waals surface area contributed by atoms with Gasteiger partial charge in [-0.3, -0.25) is 14.4 Å². The fraction of sp³-hybridized carbons (Fsp3) is 0.375. The molecule has 3 aliphatic rings. The summed E-state index contributed by atoms with van der Waals surface area (Å²) in [5.41, 5.74) is 3.15. The van der Waals surface area contributed by atoms with E-state index in [0.717, 1.165) is 22.4 Å². The molecule has 0 aromatic heterocycles. The zero-order chi connectivity index (χ0) is 21.4. The molecule has 0 bridgehead atoms. The van der Waals surface area contributed by atoms with Crippen LogP contribution in [0.3, 0.4) is 0 Å². The normalized spacial score (nSPS) is 29.7. The van der Waals surface area contributed by atoms with Gasteiger partial charge in [-0.2, -0.15) is 0 Å². The second kappa shape index (κ2) is 6.25. The smallest absolute Gasteiger partial charge is 0.291 e. The number of carbonyl (C=O) groups excluding carboxylic acids is 3. The minimum absolute atomic E-state index is 0.133. The van der Waals surface area contributed by atoms with Crippen molar-refractivity contribution in [2.75, 3.05) is 10.2 Å². The van der Waals surface area contributed by atoms with Crippen molar-refractivity contribution in [3.05, 3.63) is 59.2 Å². The third kappa shape index (κ3) is 2.25. The maximum absolute atomic E-state index is 13.8. The average molecular weight is 404 g/mol. The molecule has 5 rings (SSSR count). The summed E-state index contributed by atoms with van der Waals surface area (Å²) < 4.78 is 0. The molecule has 0 saturated carbocycles. The van der Waals surface area contributed by atoms with Crippen LogP contribution in [0.5, 0.6) is 0 Å². The molecule has 3 aliphatic heterocycles. The number of hydrogen-bond donors (Lipinski definition) is 2. The lowest BCUT2D eigenvalue weighted by Gasteiger charge is -2.27. The van der Waals surface area contributed by atoms with Crippen molar-refractivity contribution in [2.45, 2.75) is 39.3 Å². The number of quaternary nitrogens is 1. The van der Waals surface area contributed by atoms with E-state index in [-0.39, 0.29) is 29.7 Å². The van der Waals surface area contributed by atoms with E-state index in [1.165, 1.54) is 4.90 Å². The van der Waals surface area contributed by atoms with Crippen molar-refractivity contribution in [1.82, 2.24) is 0 Å². The number of fused-ring (bicyclic) bond motifs is 4. The lowest BCUT2D eigenvalue weighted by atomic mass is 9.76. The number of amides is 3. The lowest BCUT2D eigenvalue weighted by molar-refractivity contribution is -0.738. The van der Waals surface area contributed by atoms with Gasteiger partial charge in [-0.1, -0.05) is 38.1 Å². The topological polar surface area (TPSA) is 83.1 Å². The van der Waals surface area contributed by atoms with Crippen molar-refractivity contribution in [1.29, 1.82) is 0 Å². The molecule has 3 heterocycles. The monoisotopic (exact) mass is 404 g/mol. The van der Waals surface area contributed by atoms with Gasteiger partial charge in [0.05, 0.1) is 11.4 Å². The maximum atomic E-state index is 13.8. The number of benzene rings is 2. The van der Waals surface area contributed by atoms with Gasteiger partial charge in [0.1, 0.15) is 17.9 Å². The van der Waals surface area contributed by atoms with E-state index < -0.39 is 17.4 Å². The van der Waals surface area contributed by atoms with Gasteiger partial charge < -0.3 is 10.6 Å². The Morgan fingerprint density at radius 1 is 1.00 bits per heavy atom. The zero-order valence-electron chi connectivity index (χ0n) is 17.6. The molecule has 3 N–H and O–H groups in total.